The Hall–Kier alpha value is -3.69. The second-order valence-corrected chi connectivity index (χ2v) is 7.37. The second-order valence-electron chi connectivity index (χ2n) is 7.37. The van der Waals surface area contributed by atoms with Crippen LogP contribution in [0.5, 0.6) is 17.4 Å². The van der Waals surface area contributed by atoms with Gasteiger partial charge in [-0.25, -0.2) is 19.6 Å². The van der Waals surface area contributed by atoms with Crippen LogP contribution >= 0.6 is 0 Å². The third kappa shape index (κ3) is 4.65. The van der Waals surface area contributed by atoms with Crippen LogP contribution in [0.1, 0.15) is 26.0 Å². The van der Waals surface area contributed by atoms with Gasteiger partial charge in [-0.05, 0) is 31.5 Å². The molecular weight excluding hydrogens is 390 g/mol. The van der Waals surface area contributed by atoms with Crippen molar-refractivity contribution >= 4 is 23.8 Å². The standard InChI is InChI=1S/C20H23N5O5/c1-12-14(29-13-7-9-22-16(11-13)30-19(28)21-4)5-6-15(23-12)24-18(27)25-10-8-20(2,3)17(25)26/h5-7,9,11H,8,10H2,1-4H3,(H,21,28)(H,23,24,27). The molecule has 1 saturated heterocycles. The highest BCUT2D eigenvalue weighted by atomic mass is 16.6. The van der Waals surface area contributed by atoms with Crippen molar-refractivity contribution in [3.8, 4) is 17.4 Å². The summed E-state index contributed by atoms with van der Waals surface area (Å²) in [6.07, 6.45) is 1.42. The molecule has 3 rings (SSSR count). The van der Waals surface area contributed by atoms with Crippen molar-refractivity contribution < 1.29 is 23.9 Å². The molecule has 30 heavy (non-hydrogen) atoms. The number of carbonyl (C=O) groups is 3. The lowest BCUT2D eigenvalue weighted by Gasteiger charge is -2.18. The molecule has 2 aromatic rings. The van der Waals surface area contributed by atoms with E-state index in [0.29, 0.717) is 36.0 Å². The van der Waals surface area contributed by atoms with Gasteiger partial charge in [0.05, 0.1) is 5.69 Å². The molecular formula is C20H23N5O5. The Kier molecular flexibility index (Phi) is 5.86. The number of amides is 4. The lowest BCUT2D eigenvalue weighted by atomic mass is 9.92. The molecule has 1 fully saturated rings. The molecule has 0 spiro atoms. The average Bonchev–Trinajstić information content (AvgIpc) is 2.97. The van der Waals surface area contributed by atoms with E-state index in [0.717, 1.165) is 0 Å². The summed E-state index contributed by atoms with van der Waals surface area (Å²) in [5, 5.41) is 4.98. The summed E-state index contributed by atoms with van der Waals surface area (Å²) >= 11 is 0. The first kappa shape index (κ1) is 21.0. The molecule has 3 heterocycles. The summed E-state index contributed by atoms with van der Waals surface area (Å²) in [5.74, 6) is 1.03. The van der Waals surface area contributed by atoms with Gasteiger partial charge in [-0.3, -0.25) is 15.0 Å². The zero-order chi connectivity index (χ0) is 21.9. The number of urea groups is 1. The van der Waals surface area contributed by atoms with Gasteiger partial charge in [-0.1, -0.05) is 13.8 Å². The van der Waals surface area contributed by atoms with Crippen molar-refractivity contribution in [3.63, 3.8) is 0 Å². The van der Waals surface area contributed by atoms with Gasteiger partial charge in [0.2, 0.25) is 11.8 Å². The Morgan fingerprint density at radius 1 is 1.23 bits per heavy atom. The molecule has 0 bridgehead atoms. The van der Waals surface area contributed by atoms with E-state index in [1.165, 1.54) is 24.2 Å². The first-order chi connectivity index (χ1) is 14.2. The quantitative estimate of drug-likeness (QED) is 0.789. The van der Waals surface area contributed by atoms with E-state index >= 15 is 0 Å². The summed E-state index contributed by atoms with van der Waals surface area (Å²) in [7, 11) is 1.44. The molecule has 0 aliphatic carbocycles. The van der Waals surface area contributed by atoms with Crippen LogP contribution in [-0.4, -0.2) is 46.5 Å². The highest BCUT2D eigenvalue weighted by Gasteiger charge is 2.41. The van der Waals surface area contributed by atoms with Crippen LogP contribution in [0.3, 0.4) is 0 Å². The summed E-state index contributed by atoms with van der Waals surface area (Å²) in [6, 6.07) is 5.79. The van der Waals surface area contributed by atoms with E-state index in [1.807, 2.05) is 13.8 Å². The van der Waals surface area contributed by atoms with Crippen LogP contribution in [0, 0.1) is 12.3 Å². The Labute approximate surface area is 173 Å². The zero-order valence-corrected chi connectivity index (χ0v) is 17.2. The fourth-order valence-corrected chi connectivity index (χ4v) is 2.85. The second kappa shape index (κ2) is 8.36. The van der Waals surface area contributed by atoms with Crippen molar-refractivity contribution in [3.05, 3.63) is 36.2 Å². The van der Waals surface area contributed by atoms with Crippen LogP contribution in [0.2, 0.25) is 0 Å². The Morgan fingerprint density at radius 3 is 2.63 bits per heavy atom. The van der Waals surface area contributed by atoms with Crippen LogP contribution < -0.4 is 20.1 Å². The first-order valence-electron chi connectivity index (χ1n) is 9.33. The number of hydrogen-bond donors (Lipinski definition) is 2. The molecule has 2 N–H and O–H groups in total. The monoisotopic (exact) mass is 413 g/mol. The maximum Gasteiger partial charge on any atom is 0.413 e. The molecule has 0 aromatic carbocycles. The van der Waals surface area contributed by atoms with Gasteiger partial charge in [0, 0.05) is 31.3 Å². The number of pyridine rings is 2. The average molecular weight is 413 g/mol. The minimum Gasteiger partial charge on any atom is -0.455 e. The van der Waals surface area contributed by atoms with E-state index in [4.69, 9.17) is 9.47 Å². The normalized spacial score (nSPS) is 14.9. The maximum atomic E-state index is 12.4. The highest BCUT2D eigenvalue weighted by Crippen LogP contribution is 2.31. The van der Waals surface area contributed by atoms with E-state index < -0.39 is 17.5 Å². The lowest BCUT2D eigenvalue weighted by Crippen LogP contribution is -2.39. The largest absolute Gasteiger partial charge is 0.455 e. The molecule has 0 radical (unpaired) electrons. The fourth-order valence-electron chi connectivity index (χ4n) is 2.85. The van der Waals surface area contributed by atoms with Crippen molar-refractivity contribution in [1.82, 2.24) is 20.2 Å². The van der Waals surface area contributed by atoms with Crippen LogP contribution in [0.25, 0.3) is 0 Å². The molecule has 0 saturated carbocycles. The van der Waals surface area contributed by atoms with E-state index in [1.54, 1.807) is 25.1 Å². The molecule has 158 valence electrons. The Morgan fingerprint density at radius 2 is 2.00 bits per heavy atom. The summed E-state index contributed by atoms with van der Waals surface area (Å²) in [5.41, 5.74) is -0.0185. The zero-order valence-electron chi connectivity index (χ0n) is 17.2. The van der Waals surface area contributed by atoms with E-state index in [9.17, 15) is 14.4 Å². The number of carbonyl (C=O) groups excluding carboxylic acids is 3. The number of aryl methyl sites for hydroxylation is 1. The van der Waals surface area contributed by atoms with Crippen molar-refractivity contribution in [2.24, 2.45) is 5.41 Å². The Balaban J connectivity index is 1.67. The SMILES string of the molecule is CNC(=O)Oc1cc(Oc2ccc(NC(=O)N3CCC(C)(C)C3=O)nc2C)ccn1. The predicted molar refractivity (Wildman–Crippen MR) is 107 cm³/mol. The van der Waals surface area contributed by atoms with Gasteiger partial charge < -0.3 is 14.8 Å². The summed E-state index contributed by atoms with van der Waals surface area (Å²) in [4.78, 5) is 45.5. The van der Waals surface area contributed by atoms with Gasteiger partial charge in [0.25, 0.3) is 0 Å². The number of anilines is 1. The van der Waals surface area contributed by atoms with Crippen molar-refractivity contribution in [1.29, 1.82) is 0 Å². The highest BCUT2D eigenvalue weighted by molar-refractivity contribution is 6.03. The third-order valence-electron chi connectivity index (χ3n) is 4.64. The van der Waals surface area contributed by atoms with Crippen LogP contribution in [0.15, 0.2) is 30.5 Å². The molecule has 10 heteroatoms. The third-order valence-corrected chi connectivity index (χ3v) is 4.64. The van der Waals surface area contributed by atoms with E-state index in [2.05, 4.69) is 20.6 Å². The smallest absolute Gasteiger partial charge is 0.413 e. The molecule has 10 nitrogen and oxygen atoms in total. The Bertz CT molecular complexity index is 991. The summed E-state index contributed by atoms with van der Waals surface area (Å²) in [6.45, 7) is 5.74. The maximum absolute atomic E-state index is 12.4. The van der Waals surface area contributed by atoms with Gasteiger partial charge in [-0.2, -0.15) is 0 Å². The number of likely N-dealkylation sites (tertiary alicyclic amines) is 1. The first-order valence-corrected chi connectivity index (χ1v) is 9.33. The number of rotatable bonds is 4. The van der Waals surface area contributed by atoms with Crippen molar-refractivity contribution in [2.75, 3.05) is 18.9 Å². The number of imide groups is 1. The van der Waals surface area contributed by atoms with Gasteiger partial charge in [0.15, 0.2) is 0 Å². The minimum atomic E-state index is -0.641. The predicted octanol–water partition coefficient (Wildman–Crippen LogP) is 3.09. The number of nitrogens with zero attached hydrogens (tertiary/aromatic N) is 3. The molecule has 0 unspecified atom stereocenters. The number of nitrogens with one attached hydrogen (secondary N) is 2. The number of ether oxygens (including phenoxy) is 2. The lowest BCUT2D eigenvalue weighted by molar-refractivity contribution is -0.131. The topological polar surface area (TPSA) is 123 Å². The summed E-state index contributed by atoms with van der Waals surface area (Å²) < 4.78 is 10.7. The fraction of sp³-hybridized carbons (Fsp3) is 0.350. The van der Waals surface area contributed by atoms with Crippen molar-refractivity contribution in [2.45, 2.75) is 27.2 Å². The van der Waals surface area contributed by atoms with Gasteiger partial charge in [0.1, 0.15) is 17.3 Å². The molecule has 4 amide bonds. The molecule has 0 atom stereocenters. The molecule has 1 aliphatic rings. The van der Waals surface area contributed by atoms with Gasteiger partial charge in [-0.15, -0.1) is 0 Å². The van der Waals surface area contributed by atoms with Gasteiger partial charge >= 0.3 is 12.1 Å². The minimum absolute atomic E-state index is 0.0829. The van der Waals surface area contributed by atoms with Crippen LogP contribution in [-0.2, 0) is 4.79 Å². The van der Waals surface area contributed by atoms with Crippen LogP contribution in [0.4, 0.5) is 15.4 Å². The number of hydrogen-bond acceptors (Lipinski definition) is 7. The molecule has 2 aromatic heterocycles. The van der Waals surface area contributed by atoms with E-state index in [-0.39, 0.29) is 11.8 Å². The number of aromatic nitrogens is 2. The molecule has 1 aliphatic heterocycles.